The van der Waals surface area contributed by atoms with Gasteiger partial charge in [0, 0.05) is 22.3 Å². The Bertz CT molecular complexity index is 1220. The van der Waals surface area contributed by atoms with Crippen LogP contribution in [0.15, 0.2) is 84.9 Å². The van der Waals surface area contributed by atoms with Gasteiger partial charge in [-0.15, -0.1) is 10.2 Å². The fraction of sp³-hybridized carbons (Fsp3) is 0. The third kappa shape index (κ3) is 2.98. The van der Waals surface area contributed by atoms with Gasteiger partial charge in [-0.05, 0) is 0 Å². The molecule has 1 aliphatic rings. The zero-order chi connectivity index (χ0) is 20.5. The number of anilines is 1. The van der Waals surface area contributed by atoms with E-state index in [1.54, 1.807) is 0 Å². The number of benzene rings is 3. The van der Waals surface area contributed by atoms with Crippen LogP contribution in [0, 0.1) is 10.8 Å². The van der Waals surface area contributed by atoms with Crippen molar-refractivity contribution >= 4 is 17.6 Å². The average molecular weight is 391 g/mol. The van der Waals surface area contributed by atoms with E-state index >= 15 is 0 Å². The maximum absolute atomic E-state index is 8.41. The zero-order valence-electron chi connectivity index (χ0n) is 15.9. The van der Waals surface area contributed by atoms with Crippen molar-refractivity contribution in [2.75, 3.05) is 5.43 Å². The summed E-state index contributed by atoms with van der Waals surface area (Å²) in [5.74, 6) is 0.566. The van der Waals surface area contributed by atoms with Crippen LogP contribution in [0.5, 0.6) is 0 Å². The molecule has 0 bridgehead atoms. The van der Waals surface area contributed by atoms with E-state index in [9.17, 15) is 0 Å². The molecule has 3 N–H and O–H groups in total. The Morgan fingerprint density at radius 3 is 1.67 bits per heavy atom. The summed E-state index contributed by atoms with van der Waals surface area (Å²) in [7, 11) is 0. The lowest BCUT2D eigenvalue weighted by Crippen LogP contribution is -2.36. The van der Waals surface area contributed by atoms with Gasteiger partial charge < -0.3 is 0 Å². The Morgan fingerprint density at radius 2 is 1.10 bits per heavy atom. The summed E-state index contributed by atoms with van der Waals surface area (Å²) in [5, 5.41) is 26.8. The summed E-state index contributed by atoms with van der Waals surface area (Å²) in [6.45, 7) is 0. The molecule has 7 nitrogen and oxygen atoms in total. The molecule has 0 amide bonds. The number of fused-ring (bicyclic) bond motifs is 1. The molecule has 0 aliphatic carbocycles. The lowest BCUT2D eigenvalue weighted by atomic mass is 10.0. The highest BCUT2D eigenvalue weighted by Gasteiger charge is 2.30. The minimum atomic E-state index is 0.174. The van der Waals surface area contributed by atoms with Crippen LogP contribution in [0.2, 0.25) is 0 Å². The van der Waals surface area contributed by atoms with Gasteiger partial charge in [-0.1, -0.05) is 84.9 Å². The first-order valence-corrected chi connectivity index (χ1v) is 9.41. The predicted octanol–water partition coefficient (Wildman–Crippen LogP) is 4.20. The van der Waals surface area contributed by atoms with Crippen molar-refractivity contribution in [2.45, 2.75) is 0 Å². The summed E-state index contributed by atoms with van der Waals surface area (Å²) in [5.41, 5.74) is 7.51. The average Bonchev–Trinajstić information content (AvgIpc) is 3.05. The van der Waals surface area contributed by atoms with Crippen molar-refractivity contribution in [1.82, 2.24) is 20.2 Å². The van der Waals surface area contributed by atoms with E-state index < -0.39 is 0 Å². The lowest BCUT2D eigenvalue weighted by Gasteiger charge is -2.19. The van der Waals surface area contributed by atoms with Crippen LogP contribution in [-0.2, 0) is 0 Å². The Balaban J connectivity index is 1.55. The highest BCUT2D eigenvalue weighted by Crippen LogP contribution is 2.29. The molecule has 0 saturated carbocycles. The van der Waals surface area contributed by atoms with Gasteiger partial charge in [0.1, 0.15) is 11.4 Å². The second kappa shape index (κ2) is 7.21. The van der Waals surface area contributed by atoms with E-state index in [1.807, 2.05) is 84.9 Å². The van der Waals surface area contributed by atoms with Gasteiger partial charge in [-0.25, -0.2) is 9.99 Å². The first kappa shape index (κ1) is 17.7. The van der Waals surface area contributed by atoms with Gasteiger partial charge >= 0.3 is 0 Å². The van der Waals surface area contributed by atoms with E-state index in [0.717, 1.165) is 11.1 Å². The largest absolute Gasteiger partial charge is 0.282 e. The van der Waals surface area contributed by atoms with E-state index in [2.05, 4.69) is 15.6 Å². The summed E-state index contributed by atoms with van der Waals surface area (Å²) < 4.78 is 0. The molecule has 1 aliphatic heterocycles. The van der Waals surface area contributed by atoms with Gasteiger partial charge in [0.2, 0.25) is 0 Å². The van der Waals surface area contributed by atoms with Crippen LogP contribution >= 0.6 is 0 Å². The van der Waals surface area contributed by atoms with Crippen molar-refractivity contribution in [3.8, 4) is 22.5 Å². The number of hydrazine groups is 1. The molecule has 1 aromatic heterocycles. The predicted molar refractivity (Wildman–Crippen MR) is 116 cm³/mol. The first-order chi connectivity index (χ1) is 14.7. The molecule has 144 valence electrons. The molecule has 2 heterocycles. The van der Waals surface area contributed by atoms with Crippen molar-refractivity contribution in [2.24, 2.45) is 0 Å². The Labute approximate surface area is 173 Å². The van der Waals surface area contributed by atoms with Crippen molar-refractivity contribution in [3.63, 3.8) is 0 Å². The van der Waals surface area contributed by atoms with Crippen LogP contribution in [0.1, 0.15) is 11.1 Å². The van der Waals surface area contributed by atoms with Gasteiger partial charge in [0.25, 0.3) is 5.95 Å². The molecule has 0 saturated heterocycles. The monoisotopic (exact) mass is 391 g/mol. The SMILES string of the molecule is N=C1c2ccccc2C(=N)N1Nc1nnc(-c2ccccc2)c(-c2ccccc2)n1. The highest BCUT2D eigenvalue weighted by molar-refractivity contribution is 6.23. The van der Waals surface area contributed by atoms with E-state index in [-0.39, 0.29) is 17.6 Å². The van der Waals surface area contributed by atoms with E-state index in [1.165, 1.54) is 5.01 Å². The molecule has 0 fully saturated rings. The molecular formula is C23H17N7. The van der Waals surface area contributed by atoms with Gasteiger partial charge in [0.15, 0.2) is 11.7 Å². The summed E-state index contributed by atoms with van der Waals surface area (Å²) >= 11 is 0. The number of aromatic nitrogens is 3. The van der Waals surface area contributed by atoms with Crippen LogP contribution in [0.3, 0.4) is 0 Å². The van der Waals surface area contributed by atoms with Crippen molar-refractivity contribution in [1.29, 1.82) is 10.8 Å². The third-order valence-electron chi connectivity index (χ3n) is 4.88. The number of nitrogens with one attached hydrogen (secondary N) is 3. The smallest absolute Gasteiger partial charge is 0.262 e. The second-order valence-corrected chi connectivity index (χ2v) is 6.75. The van der Waals surface area contributed by atoms with Crippen LogP contribution in [0.4, 0.5) is 5.95 Å². The standard InChI is InChI=1S/C23H17N7/c24-21-17-13-7-8-14-18(17)22(25)30(21)29-23-26-19(15-9-3-1-4-10-15)20(27-28-23)16-11-5-2-6-12-16/h1-14,24-25H,(H,26,28,29). The molecule has 7 heteroatoms. The summed E-state index contributed by atoms with van der Waals surface area (Å²) in [6, 6.07) is 26.9. The molecule has 4 aromatic rings. The maximum atomic E-state index is 8.41. The number of nitrogens with zero attached hydrogens (tertiary/aromatic N) is 4. The molecule has 0 unspecified atom stereocenters. The minimum absolute atomic E-state index is 0.174. The molecule has 3 aromatic carbocycles. The van der Waals surface area contributed by atoms with Crippen molar-refractivity contribution in [3.05, 3.63) is 96.1 Å². The lowest BCUT2D eigenvalue weighted by molar-refractivity contribution is 0.714. The zero-order valence-corrected chi connectivity index (χ0v) is 15.9. The molecule has 5 rings (SSSR count). The highest BCUT2D eigenvalue weighted by atomic mass is 15.6. The molecular weight excluding hydrogens is 374 g/mol. The number of amidine groups is 2. The molecule has 30 heavy (non-hydrogen) atoms. The molecule has 0 spiro atoms. The van der Waals surface area contributed by atoms with Crippen molar-refractivity contribution < 1.29 is 0 Å². The number of hydrogen-bond donors (Lipinski definition) is 3. The fourth-order valence-corrected chi connectivity index (χ4v) is 3.42. The fourth-order valence-electron chi connectivity index (χ4n) is 3.42. The molecule has 0 radical (unpaired) electrons. The quantitative estimate of drug-likeness (QED) is 0.484. The van der Waals surface area contributed by atoms with Crippen LogP contribution < -0.4 is 5.43 Å². The summed E-state index contributed by atoms with van der Waals surface area (Å²) in [4.78, 5) is 4.69. The third-order valence-corrected chi connectivity index (χ3v) is 4.88. The molecule has 0 atom stereocenters. The summed E-state index contributed by atoms with van der Waals surface area (Å²) in [6.07, 6.45) is 0. The Kier molecular flexibility index (Phi) is 4.25. The number of hydrogen-bond acceptors (Lipinski definition) is 6. The number of rotatable bonds is 4. The second-order valence-electron chi connectivity index (χ2n) is 6.75. The van der Waals surface area contributed by atoms with E-state index in [0.29, 0.717) is 22.5 Å². The topological polar surface area (TPSA) is 102 Å². The maximum Gasteiger partial charge on any atom is 0.262 e. The van der Waals surface area contributed by atoms with Gasteiger partial charge in [-0.2, -0.15) is 0 Å². The van der Waals surface area contributed by atoms with E-state index in [4.69, 9.17) is 15.8 Å². The Hall–Kier alpha value is -4.39. The Morgan fingerprint density at radius 1 is 0.600 bits per heavy atom. The van der Waals surface area contributed by atoms with Gasteiger partial charge in [0.05, 0.1) is 0 Å². The first-order valence-electron chi connectivity index (χ1n) is 9.41. The minimum Gasteiger partial charge on any atom is -0.282 e. The van der Waals surface area contributed by atoms with Gasteiger partial charge in [-0.3, -0.25) is 16.2 Å². The normalized spacial score (nSPS) is 12.7. The van der Waals surface area contributed by atoms with Crippen LogP contribution in [-0.4, -0.2) is 31.9 Å². The van der Waals surface area contributed by atoms with Crippen LogP contribution in [0.25, 0.3) is 22.5 Å².